The molecule has 1 aromatic heterocycles. The van der Waals surface area contributed by atoms with E-state index in [-0.39, 0.29) is 11.1 Å². The fraction of sp³-hybridized carbons (Fsp3) is 0.375. The summed E-state index contributed by atoms with van der Waals surface area (Å²) < 4.78 is 39.7. The first-order valence-corrected chi connectivity index (χ1v) is 4.25. The molecule has 0 unspecified atom stereocenters. The number of nitro groups is 1. The standard InChI is InChI=1S/C8H7F3N2O4/c1-4-5(3-14)2-12-7(13(15)16)6(4)17-8(9,10)11/h2,14H,3H2,1H3. The summed E-state index contributed by atoms with van der Waals surface area (Å²) in [7, 11) is 0. The molecular weight excluding hydrogens is 245 g/mol. The summed E-state index contributed by atoms with van der Waals surface area (Å²) in [4.78, 5) is 12.6. The molecule has 0 amide bonds. The maximum atomic E-state index is 12.1. The first-order valence-electron chi connectivity index (χ1n) is 4.25. The summed E-state index contributed by atoms with van der Waals surface area (Å²) in [6, 6.07) is 0. The number of aliphatic hydroxyl groups excluding tert-OH is 1. The van der Waals surface area contributed by atoms with Crippen LogP contribution in [0.5, 0.6) is 5.75 Å². The molecule has 0 radical (unpaired) electrons. The van der Waals surface area contributed by atoms with Gasteiger partial charge in [-0.2, -0.15) is 0 Å². The molecule has 1 rings (SSSR count). The number of hydrogen-bond acceptors (Lipinski definition) is 5. The highest BCUT2D eigenvalue weighted by molar-refractivity contribution is 5.49. The minimum absolute atomic E-state index is 0.0230. The third-order valence-corrected chi connectivity index (χ3v) is 1.93. The molecule has 17 heavy (non-hydrogen) atoms. The van der Waals surface area contributed by atoms with Gasteiger partial charge in [0, 0.05) is 11.1 Å². The number of halogens is 3. The zero-order valence-electron chi connectivity index (χ0n) is 8.48. The average Bonchev–Trinajstić information content (AvgIpc) is 2.18. The van der Waals surface area contributed by atoms with Crippen LogP contribution in [0.25, 0.3) is 0 Å². The van der Waals surface area contributed by atoms with E-state index in [0.717, 1.165) is 6.20 Å². The Morgan fingerprint density at radius 1 is 1.59 bits per heavy atom. The fourth-order valence-electron chi connectivity index (χ4n) is 1.14. The van der Waals surface area contributed by atoms with Gasteiger partial charge >= 0.3 is 12.2 Å². The summed E-state index contributed by atoms with van der Waals surface area (Å²) in [5.74, 6) is -2.05. The Labute approximate surface area is 92.8 Å². The van der Waals surface area contributed by atoms with E-state index in [4.69, 9.17) is 5.11 Å². The Kier molecular flexibility index (Phi) is 3.51. The lowest BCUT2D eigenvalue weighted by atomic mass is 10.1. The van der Waals surface area contributed by atoms with Gasteiger partial charge in [-0.25, -0.2) is 0 Å². The van der Waals surface area contributed by atoms with E-state index in [2.05, 4.69) is 9.72 Å². The molecule has 94 valence electrons. The zero-order chi connectivity index (χ0) is 13.2. The summed E-state index contributed by atoms with van der Waals surface area (Å²) in [5.41, 5.74) is -0.152. The highest BCUT2D eigenvalue weighted by Crippen LogP contribution is 2.34. The number of aromatic nitrogens is 1. The quantitative estimate of drug-likeness (QED) is 0.653. The van der Waals surface area contributed by atoms with Crippen LogP contribution in [0.4, 0.5) is 19.0 Å². The van der Waals surface area contributed by atoms with Crippen LogP contribution in [-0.2, 0) is 6.61 Å². The van der Waals surface area contributed by atoms with Gasteiger partial charge in [0.05, 0.1) is 6.61 Å². The number of pyridine rings is 1. The highest BCUT2D eigenvalue weighted by Gasteiger charge is 2.36. The van der Waals surface area contributed by atoms with Gasteiger partial charge in [0.2, 0.25) is 5.75 Å². The van der Waals surface area contributed by atoms with Crippen molar-refractivity contribution in [1.82, 2.24) is 4.98 Å². The summed E-state index contributed by atoms with van der Waals surface area (Å²) in [5, 5.41) is 19.3. The van der Waals surface area contributed by atoms with Crippen molar-refractivity contribution in [2.45, 2.75) is 19.9 Å². The molecule has 0 spiro atoms. The SMILES string of the molecule is Cc1c(CO)cnc([N+](=O)[O-])c1OC(F)(F)F. The molecule has 1 N–H and O–H groups in total. The third kappa shape index (κ3) is 3.03. The molecule has 0 aliphatic rings. The molecule has 0 aromatic carbocycles. The molecule has 0 aliphatic heterocycles. The number of alkyl halides is 3. The minimum Gasteiger partial charge on any atom is -0.396 e. The van der Waals surface area contributed by atoms with Gasteiger partial charge in [0.1, 0.15) is 6.20 Å². The Bertz CT molecular complexity index is 447. The third-order valence-electron chi connectivity index (χ3n) is 1.93. The predicted octanol–water partition coefficient (Wildman–Crippen LogP) is 1.69. The van der Waals surface area contributed by atoms with Crippen molar-refractivity contribution in [2.75, 3.05) is 0 Å². The number of ether oxygens (including phenoxy) is 1. The van der Waals surface area contributed by atoms with Crippen molar-refractivity contribution in [1.29, 1.82) is 0 Å². The van der Waals surface area contributed by atoms with Crippen LogP contribution >= 0.6 is 0 Å². The van der Waals surface area contributed by atoms with E-state index in [1.807, 2.05) is 0 Å². The van der Waals surface area contributed by atoms with E-state index in [9.17, 15) is 23.3 Å². The molecule has 9 heteroatoms. The van der Waals surface area contributed by atoms with Crippen LogP contribution in [0, 0.1) is 17.0 Å². The first kappa shape index (κ1) is 13.2. The summed E-state index contributed by atoms with van der Waals surface area (Å²) in [6.07, 6.45) is -4.14. The van der Waals surface area contributed by atoms with E-state index >= 15 is 0 Å². The van der Waals surface area contributed by atoms with Gasteiger partial charge in [-0.05, 0) is 16.8 Å². The fourth-order valence-corrected chi connectivity index (χ4v) is 1.14. The van der Waals surface area contributed by atoms with Crippen molar-refractivity contribution < 1.29 is 27.9 Å². The lowest BCUT2D eigenvalue weighted by Gasteiger charge is -2.12. The Morgan fingerprint density at radius 3 is 2.59 bits per heavy atom. The molecular formula is C8H7F3N2O4. The van der Waals surface area contributed by atoms with Crippen molar-refractivity contribution in [3.8, 4) is 5.75 Å². The molecule has 0 saturated heterocycles. The van der Waals surface area contributed by atoms with Crippen LogP contribution < -0.4 is 4.74 Å². The van der Waals surface area contributed by atoms with E-state index in [0.29, 0.717) is 0 Å². The average molecular weight is 252 g/mol. The Balaban J connectivity index is 3.35. The Morgan fingerprint density at radius 2 is 2.18 bits per heavy atom. The number of nitrogens with zero attached hydrogens (tertiary/aromatic N) is 2. The Hall–Kier alpha value is -1.90. The van der Waals surface area contributed by atoms with Gasteiger partial charge in [-0.3, -0.25) is 0 Å². The first-order chi connectivity index (χ1) is 7.76. The lowest BCUT2D eigenvalue weighted by molar-refractivity contribution is -0.393. The van der Waals surface area contributed by atoms with Crippen molar-refractivity contribution in [3.05, 3.63) is 27.4 Å². The molecule has 0 saturated carbocycles. The van der Waals surface area contributed by atoms with Crippen molar-refractivity contribution in [3.63, 3.8) is 0 Å². The summed E-state index contributed by atoms with van der Waals surface area (Å²) in [6.45, 7) is 0.576. The summed E-state index contributed by atoms with van der Waals surface area (Å²) >= 11 is 0. The van der Waals surface area contributed by atoms with E-state index in [1.54, 1.807) is 0 Å². The van der Waals surface area contributed by atoms with Crippen LogP contribution in [0.2, 0.25) is 0 Å². The monoisotopic (exact) mass is 252 g/mol. The van der Waals surface area contributed by atoms with Gasteiger partial charge in [-0.15, -0.1) is 13.2 Å². The second kappa shape index (κ2) is 4.53. The molecule has 0 fully saturated rings. The second-order valence-corrected chi connectivity index (χ2v) is 3.02. The highest BCUT2D eigenvalue weighted by atomic mass is 19.4. The molecule has 6 nitrogen and oxygen atoms in total. The van der Waals surface area contributed by atoms with Gasteiger partial charge in [0.15, 0.2) is 0 Å². The number of rotatable bonds is 3. The lowest BCUT2D eigenvalue weighted by Crippen LogP contribution is -2.19. The normalized spacial score (nSPS) is 11.4. The van der Waals surface area contributed by atoms with Crippen LogP contribution in [0.1, 0.15) is 11.1 Å². The van der Waals surface area contributed by atoms with Crippen molar-refractivity contribution >= 4 is 5.82 Å². The molecule has 0 bridgehead atoms. The zero-order valence-corrected chi connectivity index (χ0v) is 8.48. The maximum Gasteiger partial charge on any atom is 0.573 e. The maximum absolute atomic E-state index is 12.1. The van der Waals surface area contributed by atoms with Crippen molar-refractivity contribution in [2.24, 2.45) is 0 Å². The second-order valence-electron chi connectivity index (χ2n) is 3.02. The number of hydrogen-bond donors (Lipinski definition) is 1. The van der Waals surface area contributed by atoms with Crippen LogP contribution in [-0.4, -0.2) is 21.4 Å². The molecule has 1 heterocycles. The van der Waals surface area contributed by atoms with Gasteiger partial charge in [0.25, 0.3) is 0 Å². The number of aliphatic hydroxyl groups is 1. The van der Waals surface area contributed by atoms with Crippen LogP contribution in [0.15, 0.2) is 6.20 Å². The predicted molar refractivity (Wildman–Crippen MR) is 48.2 cm³/mol. The molecule has 0 atom stereocenters. The minimum atomic E-state index is -5.06. The van der Waals surface area contributed by atoms with E-state index in [1.165, 1.54) is 6.92 Å². The molecule has 0 aliphatic carbocycles. The topological polar surface area (TPSA) is 85.5 Å². The van der Waals surface area contributed by atoms with E-state index < -0.39 is 29.5 Å². The molecule has 1 aromatic rings. The smallest absolute Gasteiger partial charge is 0.396 e. The van der Waals surface area contributed by atoms with Gasteiger partial charge < -0.3 is 20.0 Å². The van der Waals surface area contributed by atoms with Gasteiger partial charge in [-0.1, -0.05) is 0 Å². The largest absolute Gasteiger partial charge is 0.573 e. The van der Waals surface area contributed by atoms with Crippen LogP contribution in [0.3, 0.4) is 0 Å².